The molecule has 0 spiro atoms. The lowest BCUT2D eigenvalue weighted by Crippen LogP contribution is -2.20. The number of aromatic carboxylic acids is 1. The van der Waals surface area contributed by atoms with Gasteiger partial charge in [-0.05, 0) is 18.6 Å². The zero-order chi connectivity index (χ0) is 17.1. The van der Waals surface area contributed by atoms with Gasteiger partial charge in [-0.25, -0.2) is 4.79 Å². The van der Waals surface area contributed by atoms with E-state index in [4.69, 9.17) is 10.8 Å². The second kappa shape index (κ2) is 6.64. The molecule has 0 aliphatic carbocycles. The lowest BCUT2D eigenvalue weighted by Gasteiger charge is -2.17. The van der Waals surface area contributed by atoms with E-state index in [1.165, 1.54) is 16.7 Å². The van der Waals surface area contributed by atoms with Crippen LogP contribution in [0.2, 0.25) is 0 Å². The molecule has 0 saturated carbocycles. The summed E-state index contributed by atoms with van der Waals surface area (Å²) in [7, 11) is 0. The average Bonchev–Trinajstić information content (AvgIpc) is 2.48. The van der Waals surface area contributed by atoms with Crippen LogP contribution in [0.4, 0.5) is 14.5 Å². The summed E-state index contributed by atoms with van der Waals surface area (Å²) in [5.74, 6) is -1.70. The third-order valence-electron chi connectivity index (χ3n) is 3.41. The summed E-state index contributed by atoms with van der Waals surface area (Å²) in [5, 5.41) is 9.13. The first-order valence-corrected chi connectivity index (χ1v) is 7.00. The number of aromatic nitrogens is 1. The van der Waals surface area contributed by atoms with Crippen molar-refractivity contribution in [1.82, 2.24) is 4.57 Å². The number of nitrogen functional groups attached to an aromatic ring is 1. The van der Waals surface area contributed by atoms with Crippen molar-refractivity contribution in [3.63, 3.8) is 0 Å². The van der Waals surface area contributed by atoms with Gasteiger partial charge in [0, 0.05) is 12.7 Å². The fourth-order valence-electron chi connectivity index (χ4n) is 2.35. The Morgan fingerprint density at radius 2 is 2.13 bits per heavy atom. The molecular formula is C15H16F2N2O4. The fourth-order valence-corrected chi connectivity index (χ4v) is 2.35. The molecule has 2 rings (SSSR count). The van der Waals surface area contributed by atoms with Gasteiger partial charge in [0.05, 0.1) is 16.6 Å². The second-order valence-corrected chi connectivity index (χ2v) is 4.98. The molecule has 0 unspecified atom stereocenters. The van der Waals surface area contributed by atoms with Gasteiger partial charge in [0.25, 0.3) is 0 Å². The normalized spacial score (nSPS) is 11.1. The Bertz CT molecular complexity index is 802. The van der Waals surface area contributed by atoms with Gasteiger partial charge in [-0.2, -0.15) is 8.78 Å². The highest BCUT2D eigenvalue weighted by molar-refractivity contribution is 5.96. The Hall–Kier alpha value is -2.64. The molecule has 0 amide bonds. The number of hydrogen-bond donors (Lipinski definition) is 2. The molecule has 0 saturated heterocycles. The maximum Gasteiger partial charge on any atom is 0.387 e. The van der Waals surface area contributed by atoms with Gasteiger partial charge in [0.2, 0.25) is 5.43 Å². The van der Waals surface area contributed by atoms with Gasteiger partial charge in [0.15, 0.2) is 5.75 Å². The first-order valence-electron chi connectivity index (χ1n) is 7.00. The highest BCUT2D eigenvalue weighted by atomic mass is 19.3. The fraction of sp³-hybridized carbons (Fsp3) is 0.333. The summed E-state index contributed by atoms with van der Waals surface area (Å²) in [6.45, 7) is -0.846. The number of rotatable bonds is 6. The van der Waals surface area contributed by atoms with Crippen molar-refractivity contribution in [2.45, 2.75) is 32.9 Å². The van der Waals surface area contributed by atoms with Crippen LogP contribution < -0.4 is 15.9 Å². The molecule has 1 heterocycles. The molecule has 0 fully saturated rings. The molecule has 1 aromatic carbocycles. The summed E-state index contributed by atoms with van der Waals surface area (Å²) >= 11 is 0. The smallest absolute Gasteiger partial charge is 0.387 e. The molecule has 2 aromatic rings. The third-order valence-corrected chi connectivity index (χ3v) is 3.41. The molecule has 0 aliphatic rings. The van der Waals surface area contributed by atoms with Crippen LogP contribution in [0, 0.1) is 0 Å². The number of carbonyl (C=O) groups is 1. The summed E-state index contributed by atoms with van der Waals surface area (Å²) < 4.78 is 31.2. The van der Waals surface area contributed by atoms with Crippen LogP contribution in [0.5, 0.6) is 5.75 Å². The van der Waals surface area contributed by atoms with Crippen LogP contribution in [-0.2, 0) is 6.54 Å². The lowest BCUT2D eigenvalue weighted by molar-refractivity contribution is -0.0485. The SMILES string of the molecule is CCCCn1cc(C(=O)O)c(=O)c2ccc(N)c(OC(F)F)c21. The molecule has 124 valence electrons. The van der Waals surface area contributed by atoms with Crippen molar-refractivity contribution in [2.75, 3.05) is 5.73 Å². The second-order valence-electron chi connectivity index (χ2n) is 4.98. The Kier molecular flexibility index (Phi) is 4.83. The summed E-state index contributed by atoms with van der Waals surface area (Å²) in [4.78, 5) is 23.5. The molecule has 3 N–H and O–H groups in total. The van der Waals surface area contributed by atoms with Crippen LogP contribution >= 0.6 is 0 Å². The topological polar surface area (TPSA) is 94.6 Å². The minimum Gasteiger partial charge on any atom is -0.477 e. The van der Waals surface area contributed by atoms with E-state index in [1.807, 2.05) is 6.92 Å². The Morgan fingerprint density at radius 3 is 2.70 bits per heavy atom. The van der Waals surface area contributed by atoms with E-state index < -0.39 is 23.6 Å². The average molecular weight is 326 g/mol. The lowest BCUT2D eigenvalue weighted by atomic mass is 10.1. The van der Waals surface area contributed by atoms with Gasteiger partial charge in [0.1, 0.15) is 5.56 Å². The number of alkyl halides is 2. The Morgan fingerprint density at radius 1 is 1.43 bits per heavy atom. The van der Waals surface area contributed by atoms with Crippen LogP contribution in [0.15, 0.2) is 23.1 Å². The highest BCUT2D eigenvalue weighted by Gasteiger charge is 2.20. The van der Waals surface area contributed by atoms with Crippen LogP contribution in [0.25, 0.3) is 10.9 Å². The number of ether oxygens (including phenoxy) is 1. The Balaban J connectivity index is 2.85. The zero-order valence-electron chi connectivity index (χ0n) is 12.4. The maximum absolute atomic E-state index is 12.7. The first-order chi connectivity index (χ1) is 10.9. The number of nitrogens with zero attached hydrogens (tertiary/aromatic N) is 1. The minimum atomic E-state index is -3.11. The minimum absolute atomic E-state index is 0.0224. The van der Waals surface area contributed by atoms with Crippen molar-refractivity contribution in [3.05, 3.63) is 34.1 Å². The molecule has 0 atom stereocenters. The molecule has 6 nitrogen and oxygen atoms in total. The van der Waals surface area contributed by atoms with E-state index in [1.54, 1.807) is 0 Å². The summed E-state index contributed by atoms with van der Waals surface area (Å²) in [6, 6.07) is 2.57. The number of fused-ring (bicyclic) bond motifs is 1. The van der Waals surface area contributed by atoms with Crippen molar-refractivity contribution >= 4 is 22.6 Å². The molecule has 0 bridgehead atoms. The van der Waals surface area contributed by atoms with Crippen molar-refractivity contribution in [3.8, 4) is 5.75 Å². The predicted molar refractivity (Wildman–Crippen MR) is 81.1 cm³/mol. The molecular weight excluding hydrogens is 310 g/mol. The molecule has 0 aliphatic heterocycles. The molecule has 8 heteroatoms. The summed E-state index contributed by atoms with van der Waals surface area (Å²) in [6.07, 6.45) is 2.60. The van der Waals surface area contributed by atoms with E-state index in [2.05, 4.69) is 4.74 Å². The maximum atomic E-state index is 12.7. The molecule has 0 radical (unpaired) electrons. The Labute approximate surface area is 130 Å². The standard InChI is InChI=1S/C15H16F2N2O4/c1-2-3-6-19-7-9(14(21)22)12(20)8-4-5-10(18)13(11(8)19)23-15(16)17/h4-5,7,15H,2-3,6,18H2,1H3,(H,21,22). The number of benzene rings is 1. The molecule has 23 heavy (non-hydrogen) atoms. The van der Waals surface area contributed by atoms with Gasteiger partial charge in [-0.15, -0.1) is 0 Å². The highest BCUT2D eigenvalue weighted by Crippen LogP contribution is 2.32. The van der Waals surface area contributed by atoms with Gasteiger partial charge in [-0.1, -0.05) is 13.3 Å². The summed E-state index contributed by atoms with van der Waals surface area (Å²) in [5.41, 5.74) is 4.52. The number of hydrogen-bond acceptors (Lipinski definition) is 4. The number of anilines is 1. The first kappa shape index (κ1) is 16.7. The van der Waals surface area contributed by atoms with Crippen molar-refractivity contribution in [1.29, 1.82) is 0 Å². The van der Waals surface area contributed by atoms with Crippen LogP contribution in [0.1, 0.15) is 30.1 Å². The van der Waals surface area contributed by atoms with Crippen molar-refractivity contribution in [2.24, 2.45) is 0 Å². The number of carboxylic acids is 1. The molecule has 1 aromatic heterocycles. The quantitative estimate of drug-likeness (QED) is 0.796. The van der Waals surface area contributed by atoms with E-state index in [0.29, 0.717) is 13.0 Å². The monoisotopic (exact) mass is 326 g/mol. The van der Waals surface area contributed by atoms with Gasteiger partial charge < -0.3 is 20.1 Å². The van der Waals surface area contributed by atoms with Crippen LogP contribution in [-0.4, -0.2) is 22.3 Å². The van der Waals surface area contributed by atoms with E-state index in [0.717, 1.165) is 12.6 Å². The number of pyridine rings is 1. The van der Waals surface area contributed by atoms with Crippen molar-refractivity contribution < 1.29 is 23.4 Å². The number of halogens is 2. The zero-order valence-corrected chi connectivity index (χ0v) is 12.4. The number of carboxylic acid groups (broad SMARTS) is 1. The number of unbranched alkanes of at least 4 members (excludes halogenated alkanes) is 1. The number of aryl methyl sites for hydroxylation is 1. The predicted octanol–water partition coefficient (Wildman–Crippen LogP) is 2.68. The van der Waals surface area contributed by atoms with Crippen LogP contribution in [0.3, 0.4) is 0 Å². The van der Waals surface area contributed by atoms with Gasteiger partial charge in [-0.3, -0.25) is 4.79 Å². The number of nitrogens with two attached hydrogens (primary N) is 1. The van der Waals surface area contributed by atoms with E-state index >= 15 is 0 Å². The largest absolute Gasteiger partial charge is 0.477 e. The van der Waals surface area contributed by atoms with E-state index in [-0.39, 0.29) is 22.3 Å². The third kappa shape index (κ3) is 3.25. The van der Waals surface area contributed by atoms with E-state index in [9.17, 15) is 18.4 Å². The van der Waals surface area contributed by atoms with Gasteiger partial charge >= 0.3 is 12.6 Å².